The summed E-state index contributed by atoms with van der Waals surface area (Å²) in [6.07, 6.45) is 2.69. The topological polar surface area (TPSA) is 98.7 Å². The molecule has 0 aromatic carbocycles. The average molecular weight is 283 g/mol. The maximum Gasteiger partial charge on any atom is 0.318 e. The number of piperidine rings is 2. The van der Waals surface area contributed by atoms with Gasteiger partial charge in [-0.15, -0.1) is 0 Å². The van der Waals surface area contributed by atoms with Crippen LogP contribution in [0.15, 0.2) is 0 Å². The van der Waals surface area contributed by atoms with Gasteiger partial charge in [0.2, 0.25) is 5.91 Å². The Labute approximate surface area is 117 Å². The Morgan fingerprint density at radius 3 is 2.85 bits per heavy atom. The highest BCUT2D eigenvalue weighted by Gasteiger charge is 2.40. The van der Waals surface area contributed by atoms with Crippen molar-refractivity contribution in [1.82, 2.24) is 15.5 Å². The van der Waals surface area contributed by atoms with E-state index >= 15 is 0 Å². The molecule has 0 spiro atoms. The second-order valence-corrected chi connectivity index (χ2v) is 5.83. The summed E-state index contributed by atoms with van der Waals surface area (Å²) >= 11 is 0. The third-order valence-corrected chi connectivity index (χ3v) is 4.08. The highest BCUT2D eigenvalue weighted by Crippen LogP contribution is 2.29. The van der Waals surface area contributed by atoms with Gasteiger partial charge in [0.25, 0.3) is 0 Å². The van der Waals surface area contributed by atoms with Crippen molar-refractivity contribution in [3.63, 3.8) is 0 Å². The largest absolute Gasteiger partial charge is 0.481 e. The minimum atomic E-state index is -0.898. The zero-order valence-electron chi connectivity index (χ0n) is 11.6. The number of rotatable bonds is 2. The second-order valence-electron chi connectivity index (χ2n) is 5.83. The Kier molecular flexibility index (Phi) is 4.15. The summed E-state index contributed by atoms with van der Waals surface area (Å²) in [6, 6.07) is -0.853. The molecule has 2 heterocycles. The average Bonchev–Trinajstić information content (AvgIpc) is 2.41. The van der Waals surface area contributed by atoms with Crippen LogP contribution in [-0.2, 0) is 9.59 Å². The molecule has 0 aliphatic carbocycles. The lowest BCUT2D eigenvalue weighted by Gasteiger charge is -2.38. The Balaban J connectivity index is 1.95. The fourth-order valence-electron chi connectivity index (χ4n) is 2.74. The molecule has 0 aromatic rings. The number of carbonyl (C=O) groups is 3. The van der Waals surface area contributed by atoms with Crippen LogP contribution in [0.4, 0.5) is 4.79 Å². The number of hydrogen-bond acceptors (Lipinski definition) is 3. The second kappa shape index (κ2) is 5.68. The number of likely N-dealkylation sites (tertiary alicyclic amines) is 1. The fraction of sp³-hybridized carbons (Fsp3) is 0.769. The van der Waals surface area contributed by atoms with Crippen molar-refractivity contribution in [2.45, 2.75) is 38.6 Å². The van der Waals surface area contributed by atoms with Gasteiger partial charge in [-0.25, -0.2) is 4.79 Å². The Morgan fingerprint density at radius 1 is 1.45 bits per heavy atom. The molecular formula is C13H21N3O4. The molecule has 2 aliphatic rings. The first-order chi connectivity index (χ1) is 9.42. The van der Waals surface area contributed by atoms with Crippen LogP contribution in [0.3, 0.4) is 0 Å². The van der Waals surface area contributed by atoms with Gasteiger partial charge in [-0.3, -0.25) is 9.59 Å². The van der Waals surface area contributed by atoms with E-state index in [0.717, 1.165) is 6.42 Å². The highest BCUT2D eigenvalue weighted by molar-refractivity contribution is 5.87. The first kappa shape index (κ1) is 14.6. The molecule has 20 heavy (non-hydrogen) atoms. The molecule has 3 amide bonds. The van der Waals surface area contributed by atoms with Crippen molar-refractivity contribution in [3.8, 4) is 0 Å². The van der Waals surface area contributed by atoms with Crippen molar-refractivity contribution >= 4 is 17.9 Å². The lowest BCUT2D eigenvalue weighted by atomic mass is 9.82. The molecule has 2 rings (SSSR count). The Hall–Kier alpha value is -1.79. The summed E-state index contributed by atoms with van der Waals surface area (Å²) in [6.45, 7) is 3.01. The normalized spacial score (nSPS) is 30.6. The number of urea groups is 1. The van der Waals surface area contributed by atoms with Crippen LogP contribution < -0.4 is 10.6 Å². The summed E-state index contributed by atoms with van der Waals surface area (Å²) in [5, 5.41) is 14.6. The van der Waals surface area contributed by atoms with E-state index in [0.29, 0.717) is 32.4 Å². The molecule has 2 atom stereocenters. The molecule has 3 N–H and O–H groups in total. The first-order valence-electron chi connectivity index (χ1n) is 6.99. The van der Waals surface area contributed by atoms with Gasteiger partial charge in [0, 0.05) is 19.6 Å². The molecule has 0 aromatic heterocycles. The van der Waals surface area contributed by atoms with Crippen molar-refractivity contribution in [2.24, 2.45) is 5.41 Å². The molecule has 2 aliphatic heterocycles. The van der Waals surface area contributed by atoms with Gasteiger partial charge in [0.05, 0.1) is 5.41 Å². The number of aliphatic carboxylic acids is 1. The number of nitrogens with one attached hydrogen (secondary N) is 2. The van der Waals surface area contributed by atoms with Crippen LogP contribution in [0.1, 0.15) is 32.6 Å². The van der Waals surface area contributed by atoms with Gasteiger partial charge in [-0.2, -0.15) is 0 Å². The van der Waals surface area contributed by atoms with E-state index in [-0.39, 0.29) is 18.5 Å². The third kappa shape index (κ3) is 3.02. The number of amides is 3. The number of hydrogen-bond donors (Lipinski definition) is 3. The van der Waals surface area contributed by atoms with Crippen LogP contribution in [0, 0.1) is 5.41 Å². The lowest BCUT2D eigenvalue weighted by Crippen LogP contribution is -2.57. The molecule has 7 nitrogen and oxygen atoms in total. The summed E-state index contributed by atoms with van der Waals surface area (Å²) in [5.41, 5.74) is -0.898. The molecule has 2 saturated heterocycles. The zero-order chi connectivity index (χ0) is 14.8. The summed E-state index contributed by atoms with van der Waals surface area (Å²) in [4.78, 5) is 36.5. The van der Waals surface area contributed by atoms with Gasteiger partial charge in [-0.05, 0) is 32.6 Å². The van der Waals surface area contributed by atoms with E-state index in [1.807, 2.05) is 0 Å². The van der Waals surface area contributed by atoms with Gasteiger partial charge in [-0.1, -0.05) is 0 Å². The Morgan fingerprint density at radius 2 is 2.20 bits per heavy atom. The quantitative estimate of drug-likeness (QED) is 0.672. The smallest absolute Gasteiger partial charge is 0.318 e. The predicted molar refractivity (Wildman–Crippen MR) is 71.1 cm³/mol. The lowest BCUT2D eigenvalue weighted by molar-refractivity contribution is -0.150. The molecular weight excluding hydrogens is 262 g/mol. The number of carboxylic acids is 1. The summed E-state index contributed by atoms with van der Waals surface area (Å²) in [7, 11) is 0. The standard InChI is InChI=1S/C13H21N3O4/c1-13(11(18)19)5-3-7-16(8-13)12(20)15-9-4-2-6-14-10(9)17/h9H,2-8H2,1H3,(H,14,17)(H,15,20)(H,18,19). The van der Waals surface area contributed by atoms with Crippen molar-refractivity contribution < 1.29 is 19.5 Å². The Bertz CT molecular complexity index is 426. The highest BCUT2D eigenvalue weighted by atomic mass is 16.4. The van der Waals surface area contributed by atoms with E-state index in [2.05, 4.69) is 10.6 Å². The molecule has 2 unspecified atom stereocenters. The molecule has 7 heteroatoms. The zero-order valence-corrected chi connectivity index (χ0v) is 11.6. The van der Waals surface area contributed by atoms with Crippen LogP contribution in [-0.4, -0.2) is 53.6 Å². The number of carboxylic acid groups (broad SMARTS) is 1. The molecule has 0 radical (unpaired) electrons. The molecule has 0 bridgehead atoms. The monoisotopic (exact) mass is 283 g/mol. The van der Waals surface area contributed by atoms with Gasteiger partial charge >= 0.3 is 12.0 Å². The van der Waals surface area contributed by atoms with E-state index < -0.39 is 17.4 Å². The van der Waals surface area contributed by atoms with Crippen LogP contribution in [0.2, 0.25) is 0 Å². The van der Waals surface area contributed by atoms with Crippen LogP contribution in [0.25, 0.3) is 0 Å². The number of carbonyl (C=O) groups excluding carboxylic acids is 2. The fourth-order valence-corrected chi connectivity index (χ4v) is 2.74. The van der Waals surface area contributed by atoms with Crippen molar-refractivity contribution in [1.29, 1.82) is 0 Å². The SMILES string of the molecule is CC1(C(=O)O)CCCN(C(=O)NC2CCCNC2=O)C1. The van der Waals surface area contributed by atoms with Gasteiger partial charge in [0.15, 0.2) is 0 Å². The van der Waals surface area contributed by atoms with Crippen LogP contribution >= 0.6 is 0 Å². The van der Waals surface area contributed by atoms with Gasteiger partial charge in [0.1, 0.15) is 6.04 Å². The van der Waals surface area contributed by atoms with E-state index in [1.165, 1.54) is 4.90 Å². The minimum absolute atomic E-state index is 0.164. The maximum absolute atomic E-state index is 12.2. The molecule has 112 valence electrons. The maximum atomic E-state index is 12.2. The van der Waals surface area contributed by atoms with Crippen LogP contribution in [0.5, 0.6) is 0 Å². The molecule has 0 saturated carbocycles. The van der Waals surface area contributed by atoms with E-state index in [9.17, 15) is 19.5 Å². The predicted octanol–water partition coefficient (Wildman–Crippen LogP) is 0.161. The van der Waals surface area contributed by atoms with E-state index in [4.69, 9.17) is 0 Å². The van der Waals surface area contributed by atoms with Crippen molar-refractivity contribution in [2.75, 3.05) is 19.6 Å². The van der Waals surface area contributed by atoms with E-state index in [1.54, 1.807) is 6.92 Å². The first-order valence-corrected chi connectivity index (χ1v) is 6.99. The molecule has 2 fully saturated rings. The minimum Gasteiger partial charge on any atom is -0.481 e. The third-order valence-electron chi connectivity index (χ3n) is 4.08. The number of nitrogens with zero attached hydrogens (tertiary/aromatic N) is 1. The van der Waals surface area contributed by atoms with Gasteiger partial charge < -0.3 is 20.6 Å². The van der Waals surface area contributed by atoms with Crippen molar-refractivity contribution in [3.05, 3.63) is 0 Å². The summed E-state index contributed by atoms with van der Waals surface area (Å²) in [5.74, 6) is -1.05. The summed E-state index contributed by atoms with van der Waals surface area (Å²) < 4.78 is 0.